The Hall–Kier alpha value is -4.13. The minimum atomic E-state index is -0.739. The highest BCUT2D eigenvalue weighted by Gasteiger charge is 2.13. The molecule has 2 radical (unpaired) electrons. The molecule has 0 aromatic rings. The van der Waals surface area contributed by atoms with E-state index in [0.29, 0.717) is 52.7 Å². The number of nitrogens with one attached hydrogen (secondary N) is 4. The number of hydrogen-bond donors (Lipinski definition) is 4. The van der Waals surface area contributed by atoms with Crippen LogP contribution in [-0.2, 0) is 71.3 Å². The van der Waals surface area contributed by atoms with Gasteiger partial charge in [-0.2, -0.15) is 0 Å². The zero-order valence-corrected chi connectivity index (χ0v) is 33.1. The molecule has 0 spiro atoms. The van der Waals surface area contributed by atoms with Gasteiger partial charge in [-0.15, -0.1) is 0 Å². The molecule has 0 aliphatic heterocycles. The van der Waals surface area contributed by atoms with E-state index in [9.17, 15) is 33.6 Å². The summed E-state index contributed by atoms with van der Waals surface area (Å²) in [6.45, 7) is 5.76. The lowest BCUT2D eigenvalue weighted by Gasteiger charge is -2.20. The fourth-order valence-corrected chi connectivity index (χ4v) is 3.82. The third-order valence-electron chi connectivity index (χ3n) is 6.41. The molecule has 0 fully saturated rings. The van der Waals surface area contributed by atoms with Gasteiger partial charge in [-0.1, -0.05) is 13.8 Å². The molecule has 0 rings (SSSR count). The highest BCUT2D eigenvalue weighted by Crippen LogP contribution is 1.93. The van der Waals surface area contributed by atoms with Crippen LogP contribution >= 0.6 is 0 Å². The van der Waals surface area contributed by atoms with E-state index in [1.165, 1.54) is 4.90 Å². The van der Waals surface area contributed by atoms with Crippen molar-refractivity contribution in [2.75, 3.05) is 152 Å². The number of ether oxygens (including phenoxy) is 10. The number of hydrogen-bond acceptors (Lipinski definition) is 18. The molecule has 0 aromatic carbocycles. The monoisotopic (exact) mass is 821 g/mol. The minimum Gasteiger partial charge on any atom is -0.463 e. The molecule has 57 heavy (non-hydrogen) atoms. The van der Waals surface area contributed by atoms with Crippen LogP contribution in [0.2, 0.25) is 0 Å². The zero-order valence-electron chi connectivity index (χ0n) is 33.1. The smallest absolute Gasteiger partial charge is 0.407 e. The van der Waals surface area contributed by atoms with Crippen molar-refractivity contribution in [3.63, 3.8) is 0 Å². The molecule has 23 heteroatoms. The first-order valence-corrected chi connectivity index (χ1v) is 18.7. The van der Waals surface area contributed by atoms with Crippen LogP contribution in [-0.4, -0.2) is 206 Å². The van der Waals surface area contributed by atoms with Crippen LogP contribution in [0.25, 0.3) is 0 Å². The van der Waals surface area contributed by atoms with Gasteiger partial charge in [0.2, 0.25) is 11.8 Å². The third kappa shape index (κ3) is 38.5. The predicted molar refractivity (Wildman–Crippen MR) is 199 cm³/mol. The molecule has 22 nitrogen and oxygen atoms in total. The maximum absolute atomic E-state index is 12.0. The molecule has 0 unspecified atom stereocenters. The molecule has 0 saturated carbocycles. The van der Waals surface area contributed by atoms with Crippen LogP contribution in [0.4, 0.5) is 9.59 Å². The summed E-state index contributed by atoms with van der Waals surface area (Å²) in [5.74, 6) is -2.40. The van der Waals surface area contributed by atoms with Gasteiger partial charge in [-0.05, 0) is 12.8 Å². The van der Waals surface area contributed by atoms with Crippen LogP contribution < -0.4 is 21.3 Å². The average molecular weight is 822 g/mol. The van der Waals surface area contributed by atoms with Gasteiger partial charge >= 0.3 is 24.1 Å². The number of carbonyl (C=O) groups excluding carboxylic acids is 7. The Morgan fingerprint density at radius 2 is 0.807 bits per heavy atom. The summed E-state index contributed by atoms with van der Waals surface area (Å²) in [6, 6.07) is 0. The van der Waals surface area contributed by atoms with Gasteiger partial charge in [0.05, 0.1) is 71.8 Å². The summed E-state index contributed by atoms with van der Waals surface area (Å²) < 4.78 is 51.3. The second-order valence-electron chi connectivity index (χ2n) is 11.4. The topological polar surface area (TPSA) is 263 Å². The Balaban J connectivity index is 3.84. The van der Waals surface area contributed by atoms with Gasteiger partial charge in [0.15, 0.2) is 7.85 Å². The van der Waals surface area contributed by atoms with Crippen molar-refractivity contribution in [3.05, 3.63) is 0 Å². The molecule has 0 aliphatic carbocycles. The van der Waals surface area contributed by atoms with E-state index in [1.807, 2.05) is 13.8 Å². The normalized spacial score (nSPS) is 10.7. The zero-order chi connectivity index (χ0) is 42.2. The van der Waals surface area contributed by atoms with Gasteiger partial charge in [-0.25, -0.2) is 19.2 Å². The summed E-state index contributed by atoms with van der Waals surface area (Å²) in [5, 5.41) is 10.2. The van der Waals surface area contributed by atoms with Crippen LogP contribution in [0.3, 0.4) is 0 Å². The summed E-state index contributed by atoms with van der Waals surface area (Å²) in [4.78, 5) is 83.2. The molecule has 0 heterocycles. The fourth-order valence-electron chi connectivity index (χ4n) is 3.82. The largest absolute Gasteiger partial charge is 0.463 e. The van der Waals surface area contributed by atoms with Crippen molar-refractivity contribution >= 4 is 49.5 Å². The summed E-state index contributed by atoms with van der Waals surface area (Å²) in [5.41, 5.74) is -0.653. The summed E-state index contributed by atoms with van der Waals surface area (Å²) in [7, 11) is 5.28. The van der Waals surface area contributed by atoms with Crippen LogP contribution in [0.1, 0.15) is 26.7 Å². The lowest BCUT2D eigenvalue weighted by molar-refractivity contribution is -0.150. The Bertz CT molecular complexity index is 1050. The van der Waals surface area contributed by atoms with Crippen LogP contribution in [0, 0.1) is 0 Å². The molecule has 4 N–H and O–H groups in total. The second kappa shape index (κ2) is 38.7. The van der Waals surface area contributed by atoms with E-state index >= 15 is 0 Å². The van der Waals surface area contributed by atoms with Crippen molar-refractivity contribution in [2.45, 2.75) is 26.7 Å². The molecule has 0 aromatic heterocycles. The molecular weight excluding hydrogens is 761 g/mol. The highest BCUT2D eigenvalue weighted by atomic mass is 16.6. The SMILES string of the molecule is [B]C(=O)CN(CCOC(=O)COCC(=O)NCCOCCOCCNC(=O)OCCC)CCOC(=O)COCC(=O)NCCOCCOCCNC(=O)OCCC. The first-order chi connectivity index (χ1) is 27.6. The first kappa shape index (κ1) is 52.9. The number of esters is 2. The second-order valence-corrected chi connectivity index (χ2v) is 11.4. The van der Waals surface area contributed by atoms with E-state index in [0.717, 1.165) is 12.8 Å². The van der Waals surface area contributed by atoms with Gasteiger partial charge in [0.1, 0.15) is 39.6 Å². The molecule has 0 bridgehead atoms. The summed E-state index contributed by atoms with van der Waals surface area (Å²) >= 11 is 0. The molecule has 0 atom stereocenters. The van der Waals surface area contributed by atoms with Crippen molar-refractivity contribution < 1.29 is 80.9 Å². The van der Waals surface area contributed by atoms with Gasteiger partial charge in [0.25, 0.3) is 0 Å². The van der Waals surface area contributed by atoms with Crippen molar-refractivity contribution in [1.29, 1.82) is 0 Å². The Morgan fingerprint density at radius 1 is 0.439 bits per heavy atom. The number of nitrogens with zero attached hydrogens (tertiary/aromatic N) is 1. The lowest BCUT2D eigenvalue weighted by atomic mass is 10.0. The molecule has 326 valence electrons. The third-order valence-corrected chi connectivity index (χ3v) is 6.41. The Labute approximate surface area is 334 Å². The van der Waals surface area contributed by atoms with Gasteiger partial charge in [-0.3, -0.25) is 14.5 Å². The van der Waals surface area contributed by atoms with Crippen LogP contribution in [0.15, 0.2) is 0 Å². The van der Waals surface area contributed by atoms with E-state index in [-0.39, 0.29) is 85.6 Å². The number of rotatable bonds is 38. The Morgan fingerprint density at radius 3 is 1.16 bits per heavy atom. The van der Waals surface area contributed by atoms with Gasteiger partial charge in [0, 0.05) is 45.8 Å². The standard InChI is InChI=1S/C34H60BN5O17/c1-3-11-56-33(46)38-7-15-50-21-19-48-13-5-36-29(42)24-52-26-31(44)54-17-9-40(23-28(35)41)10-18-55-32(45)27-53-25-30(43)37-6-14-49-20-22-51-16-8-39-34(47)57-12-4-2/h3-27H2,1-2H3,(H,36,42)(H,37,43)(H,38,46)(H,39,47). The van der Waals surface area contributed by atoms with Gasteiger partial charge < -0.3 is 73.4 Å². The average Bonchev–Trinajstić information content (AvgIpc) is 3.17. The van der Waals surface area contributed by atoms with E-state index in [1.54, 1.807) is 0 Å². The minimum absolute atomic E-state index is 0.0877. The molecule has 0 aliphatic rings. The van der Waals surface area contributed by atoms with Crippen molar-refractivity contribution in [1.82, 2.24) is 26.2 Å². The van der Waals surface area contributed by atoms with Crippen molar-refractivity contribution in [3.8, 4) is 0 Å². The lowest BCUT2D eigenvalue weighted by Crippen LogP contribution is -2.37. The number of amides is 4. The van der Waals surface area contributed by atoms with Crippen LogP contribution in [0.5, 0.6) is 0 Å². The van der Waals surface area contributed by atoms with Crippen molar-refractivity contribution in [2.24, 2.45) is 0 Å². The molecule has 0 saturated heterocycles. The highest BCUT2D eigenvalue weighted by molar-refractivity contribution is 6.58. The van der Waals surface area contributed by atoms with E-state index < -0.39 is 54.8 Å². The van der Waals surface area contributed by atoms with E-state index in [4.69, 9.17) is 55.2 Å². The summed E-state index contributed by atoms with van der Waals surface area (Å²) in [6.07, 6.45) is 0.498. The molecule has 4 amide bonds. The maximum atomic E-state index is 12.0. The van der Waals surface area contributed by atoms with E-state index in [2.05, 4.69) is 21.3 Å². The first-order valence-electron chi connectivity index (χ1n) is 18.7. The quantitative estimate of drug-likeness (QED) is 0.0220. The molecular formula is C34H60BN5O17. The number of alkyl carbamates (subject to hydrolysis) is 2. The Kier molecular flexibility index (Phi) is 35.9. The fraction of sp³-hybridized carbons (Fsp3) is 0.794. The number of carbonyl (C=O) groups is 7. The maximum Gasteiger partial charge on any atom is 0.407 e. The predicted octanol–water partition coefficient (Wildman–Crippen LogP) is -2.33.